The Labute approximate surface area is 158 Å². The molecule has 0 aliphatic carbocycles. The van der Waals surface area contributed by atoms with E-state index in [0.717, 1.165) is 6.54 Å². The number of hydrogen-bond acceptors (Lipinski definition) is 4. The van der Waals surface area contributed by atoms with Crippen molar-refractivity contribution in [2.24, 2.45) is 0 Å². The average Bonchev–Trinajstić information content (AvgIpc) is 3.18. The van der Waals surface area contributed by atoms with Crippen LogP contribution in [0, 0.1) is 5.82 Å². The Hall–Kier alpha value is -2.38. The maximum atomic E-state index is 14.1. The van der Waals surface area contributed by atoms with Gasteiger partial charge in [0.15, 0.2) is 5.60 Å². The second-order valence-electron chi connectivity index (χ2n) is 6.92. The normalized spacial score (nSPS) is 20.1. The van der Waals surface area contributed by atoms with E-state index >= 15 is 0 Å². The van der Waals surface area contributed by atoms with Crippen LogP contribution in [0.4, 0.5) is 4.39 Å². The molecule has 1 fully saturated rings. The molecule has 0 radical (unpaired) electrons. The van der Waals surface area contributed by atoms with Crippen LogP contribution in [-0.4, -0.2) is 52.8 Å². The fourth-order valence-corrected chi connectivity index (χ4v) is 3.41. The molecule has 1 aromatic carbocycles. The second-order valence-corrected chi connectivity index (χ2v) is 6.92. The molecule has 3 rings (SSSR count). The van der Waals surface area contributed by atoms with Crippen LogP contribution in [0.1, 0.15) is 18.4 Å². The summed E-state index contributed by atoms with van der Waals surface area (Å²) in [6.45, 7) is 2.21. The van der Waals surface area contributed by atoms with Crippen molar-refractivity contribution in [2.45, 2.75) is 31.5 Å². The molecule has 146 valence electrons. The average molecular weight is 375 g/mol. The van der Waals surface area contributed by atoms with Gasteiger partial charge in [-0.15, -0.1) is 0 Å². The van der Waals surface area contributed by atoms with E-state index in [2.05, 4.69) is 5.32 Å². The maximum Gasteiger partial charge on any atom is 0.256 e. The van der Waals surface area contributed by atoms with Crippen molar-refractivity contribution in [3.63, 3.8) is 0 Å². The minimum Gasteiger partial charge on any atom is -0.497 e. The van der Waals surface area contributed by atoms with E-state index in [-0.39, 0.29) is 24.8 Å². The number of carbonyl (C=O) groups is 1. The van der Waals surface area contributed by atoms with Gasteiger partial charge in [0.1, 0.15) is 11.6 Å². The summed E-state index contributed by atoms with van der Waals surface area (Å²) in [5.74, 6) is -0.204. The number of rotatable bonds is 8. The van der Waals surface area contributed by atoms with Gasteiger partial charge in [-0.25, -0.2) is 4.39 Å². The second kappa shape index (κ2) is 8.54. The summed E-state index contributed by atoms with van der Waals surface area (Å²) in [6.07, 6.45) is 5.01. The van der Waals surface area contributed by atoms with Gasteiger partial charge in [0.05, 0.1) is 7.11 Å². The number of piperidine rings is 1. The predicted octanol–water partition coefficient (Wildman–Crippen LogP) is 1.78. The molecule has 2 aromatic rings. The molecule has 1 amide bonds. The largest absolute Gasteiger partial charge is 0.497 e. The zero-order valence-corrected chi connectivity index (χ0v) is 15.5. The molecule has 1 aliphatic rings. The Morgan fingerprint density at radius 3 is 2.85 bits per heavy atom. The summed E-state index contributed by atoms with van der Waals surface area (Å²) >= 11 is 0. The van der Waals surface area contributed by atoms with Gasteiger partial charge in [-0.05, 0) is 43.2 Å². The van der Waals surface area contributed by atoms with Crippen molar-refractivity contribution in [1.82, 2.24) is 14.8 Å². The van der Waals surface area contributed by atoms with Gasteiger partial charge < -0.3 is 24.6 Å². The van der Waals surface area contributed by atoms with Gasteiger partial charge in [-0.1, -0.05) is 0 Å². The standard InChI is InChI=1S/C20H26FN3O3/c1-27-17-5-6-18(21)16(13-17)14-24-11-4-7-20(26,19(24)25)15-22-8-12-23-9-2-3-10-23/h2-3,5-6,9-10,13,22,26H,4,7-8,11-12,14-15H2,1H3/t20-/m1/s1. The van der Waals surface area contributed by atoms with Crippen molar-refractivity contribution in [2.75, 3.05) is 26.7 Å². The summed E-state index contributed by atoms with van der Waals surface area (Å²) < 4.78 is 21.2. The van der Waals surface area contributed by atoms with Crippen LogP contribution in [0.15, 0.2) is 42.7 Å². The molecule has 1 aliphatic heterocycles. The number of methoxy groups -OCH3 is 1. The van der Waals surface area contributed by atoms with E-state index in [9.17, 15) is 14.3 Å². The highest BCUT2D eigenvalue weighted by atomic mass is 19.1. The Morgan fingerprint density at radius 1 is 1.33 bits per heavy atom. The smallest absolute Gasteiger partial charge is 0.256 e. The molecule has 1 saturated heterocycles. The van der Waals surface area contributed by atoms with Gasteiger partial charge in [0, 0.05) is 50.7 Å². The highest BCUT2D eigenvalue weighted by Gasteiger charge is 2.41. The summed E-state index contributed by atoms with van der Waals surface area (Å²) in [7, 11) is 1.52. The molecular formula is C20H26FN3O3. The first-order valence-electron chi connectivity index (χ1n) is 9.17. The lowest BCUT2D eigenvalue weighted by atomic mass is 9.91. The molecule has 0 unspecified atom stereocenters. The number of amides is 1. The van der Waals surface area contributed by atoms with E-state index in [1.165, 1.54) is 18.1 Å². The van der Waals surface area contributed by atoms with Crippen LogP contribution in [0.2, 0.25) is 0 Å². The van der Waals surface area contributed by atoms with E-state index in [0.29, 0.717) is 37.2 Å². The van der Waals surface area contributed by atoms with E-state index in [4.69, 9.17) is 4.74 Å². The first-order chi connectivity index (χ1) is 13.0. The molecule has 27 heavy (non-hydrogen) atoms. The summed E-state index contributed by atoms with van der Waals surface area (Å²) in [5, 5.41) is 14.0. The predicted molar refractivity (Wildman–Crippen MR) is 99.9 cm³/mol. The SMILES string of the molecule is COc1ccc(F)c(CN2CCC[C@@](O)(CNCCn3cccc3)C2=O)c1. The van der Waals surface area contributed by atoms with Gasteiger partial charge in [-0.2, -0.15) is 0 Å². The van der Waals surface area contributed by atoms with E-state index in [1.807, 2.05) is 29.1 Å². The van der Waals surface area contributed by atoms with Crippen LogP contribution in [0.3, 0.4) is 0 Å². The number of ether oxygens (including phenoxy) is 1. The molecule has 1 atom stereocenters. The lowest BCUT2D eigenvalue weighted by molar-refractivity contribution is -0.157. The van der Waals surface area contributed by atoms with E-state index < -0.39 is 5.60 Å². The number of aromatic nitrogens is 1. The summed E-state index contributed by atoms with van der Waals surface area (Å²) in [4.78, 5) is 14.3. The summed E-state index contributed by atoms with van der Waals surface area (Å²) in [6, 6.07) is 8.37. The fourth-order valence-electron chi connectivity index (χ4n) is 3.41. The van der Waals surface area contributed by atoms with Crippen molar-refractivity contribution in [1.29, 1.82) is 0 Å². The van der Waals surface area contributed by atoms with Gasteiger partial charge >= 0.3 is 0 Å². The van der Waals surface area contributed by atoms with Crippen LogP contribution in [0.25, 0.3) is 0 Å². The third-order valence-corrected chi connectivity index (χ3v) is 4.95. The third kappa shape index (κ3) is 4.67. The van der Waals surface area contributed by atoms with E-state index in [1.54, 1.807) is 12.1 Å². The molecule has 0 saturated carbocycles. The zero-order chi connectivity index (χ0) is 19.3. The van der Waals surface area contributed by atoms with Crippen molar-refractivity contribution in [3.8, 4) is 5.75 Å². The Morgan fingerprint density at radius 2 is 2.11 bits per heavy atom. The highest BCUT2D eigenvalue weighted by molar-refractivity contribution is 5.86. The molecule has 7 heteroatoms. The zero-order valence-electron chi connectivity index (χ0n) is 15.5. The Balaban J connectivity index is 1.59. The lowest BCUT2D eigenvalue weighted by Gasteiger charge is -2.38. The van der Waals surface area contributed by atoms with Crippen molar-refractivity contribution in [3.05, 3.63) is 54.1 Å². The minimum absolute atomic E-state index is 0.119. The number of halogens is 1. The molecule has 0 bridgehead atoms. The van der Waals surface area contributed by atoms with Gasteiger partial charge in [-0.3, -0.25) is 4.79 Å². The van der Waals surface area contributed by atoms with Crippen LogP contribution < -0.4 is 10.1 Å². The monoisotopic (exact) mass is 375 g/mol. The quantitative estimate of drug-likeness (QED) is 0.691. The fraction of sp³-hybridized carbons (Fsp3) is 0.450. The number of nitrogens with zero attached hydrogens (tertiary/aromatic N) is 2. The summed E-state index contributed by atoms with van der Waals surface area (Å²) in [5.41, 5.74) is -1.07. The first-order valence-corrected chi connectivity index (χ1v) is 9.17. The number of benzene rings is 1. The third-order valence-electron chi connectivity index (χ3n) is 4.95. The molecule has 1 aromatic heterocycles. The molecule has 0 spiro atoms. The number of likely N-dealkylation sites (tertiary alicyclic amines) is 1. The number of aliphatic hydroxyl groups is 1. The van der Waals surface area contributed by atoms with Crippen LogP contribution in [-0.2, 0) is 17.9 Å². The van der Waals surface area contributed by atoms with Crippen LogP contribution >= 0.6 is 0 Å². The van der Waals surface area contributed by atoms with Gasteiger partial charge in [0.25, 0.3) is 5.91 Å². The molecule has 6 nitrogen and oxygen atoms in total. The topological polar surface area (TPSA) is 66.7 Å². The van der Waals surface area contributed by atoms with Crippen molar-refractivity contribution >= 4 is 5.91 Å². The molecule has 2 heterocycles. The maximum absolute atomic E-state index is 14.1. The van der Waals surface area contributed by atoms with Gasteiger partial charge in [0.2, 0.25) is 0 Å². The van der Waals surface area contributed by atoms with Crippen molar-refractivity contribution < 1.29 is 19.0 Å². The number of hydrogen-bond donors (Lipinski definition) is 2. The van der Waals surface area contributed by atoms with Crippen LogP contribution in [0.5, 0.6) is 5.75 Å². The lowest BCUT2D eigenvalue weighted by Crippen LogP contribution is -2.57. The molecular weight excluding hydrogens is 349 g/mol. The first kappa shape index (κ1) is 19.4. The Bertz CT molecular complexity index is 766. The Kier molecular flexibility index (Phi) is 6.13. The number of nitrogens with one attached hydrogen (secondary N) is 1. The number of carbonyl (C=O) groups excluding carboxylic acids is 1. The highest BCUT2D eigenvalue weighted by Crippen LogP contribution is 2.25. The minimum atomic E-state index is -1.45. The molecule has 2 N–H and O–H groups in total.